The number of nitrogens with one attached hydrogen (secondary N) is 1. The molecule has 2 rings (SSSR count). The Balaban J connectivity index is 2.01. The topological polar surface area (TPSA) is 86.6 Å². The molecule has 15 heavy (non-hydrogen) atoms. The van der Waals surface area contributed by atoms with Gasteiger partial charge in [-0.1, -0.05) is 0 Å². The standard InChI is InChI=1S/C9H17NO4S/c11-6-9(2-1-3-9)10-7-4-15(13,14)5-8(7)12/h7-8,10-12H,1-6H2. The maximum Gasteiger partial charge on any atom is 0.154 e. The van der Waals surface area contributed by atoms with E-state index in [2.05, 4.69) is 5.32 Å². The molecule has 2 atom stereocenters. The van der Waals surface area contributed by atoms with Crippen molar-refractivity contribution in [3.8, 4) is 0 Å². The fraction of sp³-hybridized carbons (Fsp3) is 1.00. The Kier molecular flexibility index (Phi) is 2.79. The second-order valence-corrected chi connectivity index (χ2v) is 6.84. The minimum atomic E-state index is -3.10. The van der Waals surface area contributed by atoms with Crippen molar-refractivity contribution in [2.45, 2.75) is 36.9 Å². The van der Waals surface area contributed by atoms with E-state index < -0.39 is 22.0 Å². The van der Waals surface area contributed by atoms with Crippen molar-refractivity contribution in [1.82, 2.24) is 5.32 Å². The van der Waals surface area contributed by atoms with Crippen molar-refractivity contribution in [3.63, 3.8) is 0 Å². The van der Waals surface area contributed by atoms with Crippen LogP contribution < -0.4 is 5.32 Å². The predicted molar refractivity (Wildman–Crippen MR) is 55.3 cm³/mol. The molecule has 1 aliphatic carbocycles. The lowest BCUT2D eigenvalue weighted by Gasteiger charge is -2.43. The molecule has 0 bridgehead atoms. The highest BCUT2D eigenvalue weighted by atomic mass is 32.2. The Bertz CT molecular complexity index is 331. The van der Waals surface area contributed by atoms with Crippen molar-refractivity contribution in [3.05, 3.63) is 0 Å². The lowest BCUT2D eigenvalue weighted by atomic mass is 9.77. The second kappa shape index (κ2) is 3.69. The molecule has 0 radical (unpaired) electrons. The lowest BCUT2D eigenvalue weighted by molar-refractivity contribution is 0.0553. The van der Waals surface area contributed by atoms with Gasteiger partial charge in [0.15, 0.2) is 9.84 Å². The zero-order chi connectivity index (χ0) is 11.1. The van der Waals surface area contributed by atoms with Crippen LogP contribution in [0.2, 0.25) is 0 Å². The maximum absolute atomic E-state index is 11.3. The molecule has 3 N–H and O–H groups in total. The molecule has 88 valence electrons. The summed E-state index contributed by atoms with van der Waals surface area (Å²) in [6.07, 6.45) is 1.92. The molecule has 2 unspecified atom stereocenters. The minimum Gasteiger partial charge on any atom is -0.394 e. The van der Waals surface area contributed by atoms with Crippen LogP contribution in [0.1, 0.15) is 19.3 Å². The van der Waals surface area contributed by atoms with E-state index >= 15 is 0 Å². The van der Waals surface area contributed by atoms with Gasteiger partial charge in [-0.15, -0.1) is 0 Å². The van der Waals surface area contributed by atoms with Crippen LogP contribution in [-0.2, 0) is 9.84 Å². The molecular formula is C9H17NO4S. The van der Waals surface area contributed by atoms with E-state index in [1.165, 1.54) is 0 Å². The highest BCUT2D eigenvalue weighted by molar-refractivity contribution is 7.91. The smallest absolute Gasteiger partial charge is 0.154 e. The number of sulfone groups is 1. The van der Waals surface area contributed by atoms with E-state index in [0.29, 0.717) is 0 Å². The van der Waals surface area contributed by atoms with E-state index in [1.54, 1.807) is 0 Å². The van der Waals surface area contributed by atoms with Gasteiger partial charge in [0.25, 0.3) is 0 Å². The number of hydrogen-bond acceptors (Lipinski definition) is 5. The zero-order valence-corrected chi connectivity index (χ0v) is 9.33. The zero-order valence-electron chi connectivity index (χ0n) is 8.52. The minimum absolute atomic E-state index is 0.0102. The second-order valence-electron chi connectivity index (χ2n) is 4.69. The Morgan fingerprint density at radius 2 is 2.00 bits per heavy atom. The van der Waals surface area contributed by atoms with E-state index in [0.717, 1.165) is 19.3 Å². The molecular weight excluding hydrogens is 218 g/mol. The number of rotatable bonds is 3. The first kappa shape index (κ1) is 11.3. The molecule has 1 aliphatic heterocycles. The quantitative estimate of drug-likeness (QED) is 0.563. The van der Waals surface area contributed by atoms with Crippen molar-refractivity contribution in [2.24, 2.45) is 0 Å². The normalized spacial score (nSPS) is 37.5. The van der Waals surface area contributed by atoms with Crippen LogP contribution in [0, 0.1) is 0 Å². The van der Waals surface area contributed by atoms with Gasteiger partial charge in [-0.05, 0) is 19.3 Å². The number of aliphatic hydroxyl groups is 2. The molecule has 0 aromatic carbocycles. The van der Waals surface area contributed by atoms with Crippen molar-refractivity contribution in [2.75, 3.05) is 18.1 Å². The Hall–Kier alpha value is -0.170. The molecule has 1 heterocycles. The van der Waals surface area contributed by atoms with Crippen LogP contribution >= 0.6 is 0 Å². The van der Waals surface area contributed by atoms with Gasteiger partial charge < -0.3 is 15.5 Å². The van der Waals surface area contributed by atoms with E-state index in [-0.39, 0.29) is 23.7 Å². The summed E-state index contributed by atoms with van der Waals surface area (Å²) in [5.41, 5.74) is -0.342. The van der Waals surface area contributed by atoms with Gasteiger partial charge in [-0.2, -0.15) is 0 Å². The third-order valence-corrected chi connectivity index (χ3v) is 5.14. The third-order valence-electron chi connectivity index (χ3n) is 3.43. The molecule has 5 nitrogen and oxygen atoms in total. The van der Waals surface area contributed by atoms with Crippen LogP contribution in [0.15, 0.2) is 0 Å². The molecule has 2 aliphatic rings. The van der Waals surface area contributed by atoms with Gasteiger partial charge in [0, 0.05) is 11.6 Å². The monoisotopic (exact) mass is 235 g/mol. The van der Waals surface area contributed by atoms with E-state index in [1.807, 2.05) is 0 Å². The Morgan fingerprint density at radius 1 is 1.33 bits per heavy atom. The Labute approximate surface area is 89.4 Å². The van der Waals surface area contributed by atoms with Crippen molar-refractivity contribution >= 4 is 9.84 Å². The molecule has 6 heteroatoms. The fourth-order valence-corrected chi connectivity index (χ4v) is 4.05. The molecule has 0 aromatic rings. The third kappa shape index (κ3) is 2.18. The summed E-state index contributed by atoms with van der Waals surface area (Å²) in [6, 6.07) is -0.414. The molecule has 2 fully saturated rings. The largest absolute Gasteiger partial charge is 0.394 e. The molecule has 0 amide bonds. The first-order valence-electron chi connectivity index (χ1n) is 5.23. The first-order valence-corrected chi connectivity index (χ1v) is 7.06. The van der Waals surface area contributed by atoms with E-state index in [4.69, 9.17) is 0 Å². The summed E-state index contributed by atoms with van der Waals surface area (Å²) in [4.78, 5) is 0. The maximum atomic E-state index is 11.3. The van der Waals surface area contributed by atoms with Gasteiger partial charge in [0.2, 0.25) is 0 Å². The van der Waals surface area contributed by atoms with Gasteiger partial charge in [0.05, 0.1) is 24.2 Å². The van der Waals surface area contributed by atoms with Crippen LogP contribution in [0.4, 0.5) is 0 Å². The molecule has 0 spiro atoms. The van der Waals surface area contributed by atoms with E-state index in [9.17, 15) is 18.6 Å². The molecule has 1 saturated carbocycles. The lowest BCUT2D eigenvalue weighted by Crippen LogP contribution is -2.60. The average Bonchev–Trinajstić information content (AvgIpc) is 2.32. The fourth-order valence-electron chi connectivity index (χ4n) is 2.31. The summed E-state index contributed by atoms with van der Waals surface area (Å²) in [6.45, 7) is 0.0102. The van der Waals surface area contributed by atoms with Gasteiger partial charge in [-0.25, -0.2) is 8.42 Å². The summed E-state index contributed by atoms with van der Waals surface area (Å²) in [5.74, 6) is -0.178. The molecule has 1 saturated heterocycles. The summed E-state index contributed by atoms with van der Waals surface area (Å²) in [7, 11) is -3.10. The van der Waals surface area contributed by atoms with Crippen LogP contribution in [0.3, 0.4) is 0 Å². The SMILES string of the molecule is O=S1(=O)CC(O)C(NC2(CO)CCC2)C1. The van der Waals surface area contributed by atoms with Crippen LogP contribution in [0.5, 0.6) is 0 Å². The van der Waals surface area contributed by atoms with Crippen molar-refractivity contribution < 1.29 is 18.6 Å². The van der Waals surface area contributed by atoms with Crippen LogP contribution in [-0.4, -0.2) is 54.4 Å². The highest BCUT2D eigenvalue weighted by Gasteiger charge is 2.44. The molecule has 0 aromatic heterocycles. The van der Waals surface area contributed by atoms with Crippen LogP contribution in [0.25, 0.3) is 0 Å². The predicted octanol–water partition coefficient (Wildman–Crippen LogP) is -1.35. The Morgan fingerprint density at radius 3 is 2.33 bits per heavy atom. The highest BCUT2D eigenvalue weighted by Crippen LogP contribution is 2.32. The summed E-state index contributed by atoms with van der Waals surface area (Å²) < 4.78 is 22.5. The summed E-state index contributed by atoms with van der Waals surface area (Å²) >= 11 is 0. The number of aliphatic hydroxyl groups excluding tert-OH is 2. The van der Waals surface area contributed by atoms with Gasteiger partial charge >= 0.3 is 0 Å². The van der Waals surface area contributed by atoms with Crippen molar-refractivity contribution in [1.29, 1.82) is 0 Å². The summed E-state index contributed by atoms with van der Waals surface area (Å²) in [5, 5.41) is 21.9. The number of hydrogen-bond donors (Lipinski definition) is 3. The van der Waals surface area contributed by atoms with Gasteiger partial charge in [-0.3, -0.25) is 0 Å². The average molecular weight is 235 g/mol. The van der Waals surface area contributed by atoms with Gasteiger partial charge in [0.1, 0.15) is 0 Å². The first-order chi connectivity index (χ1) is 6.96.